The second-order valence-corrected chi connectivity index (χ2v) is 8.63. The first-order chi connectivity index (χ1) is 14.9. The summed E-state index contributed by atoms with van der Waals surface area (Å²) in [4.78, 5) is 36.0. The number of nitrogens with one attached hydrogen (secondary N) is 1. The SMILES string of the molecule is COCCN1CCSc2cc(nc(N)n2)-c2cc(c(C)cc2C)C(=O)NCCCC1=O. The van der Waals surface area contributed by atoms with Gasteiger partial charge in [-0.25, -0.2) is 9.97 Å². The van der Waals surface area contributed by atoms with Crippen molar-refractivity contribution < 1.29 is 14.3 Å². The summed E-state index contributed by atoms with van der Waals surface area (Å²) in [5.41, 5.74) is 10.0. The lowest BCUT2D eigenvalue weighted by atomic mass is 9.97. The van der Waals surface area contributed by atoms with Crippen molar-refractivity contribution in [2.75, 3.05) is 44.8 Å². The van der Waals surface area contributed by atoms with Crippen LogP contribution in [0.15, 0.2) is 23.2 Å². The number of benzene rings is 1. The molecule has 0 unspecified atom stereocenters. The van der Waals surface area contributed by atoms with E-state index in [1.165, 1.54) is 11.8 Å². The van der Waals surface area contributed by atoms with Gasteiger partial charge in [-0.2, -0.15) is 0 Å². The van der Waals surface area contributed by atoms with Gasteiger partial charge in [-0.1, -0.05) is 6.07 Å². The largest absolute Gasteiger partial charge is 0.383 e. The Hall–Kier alpha value is -2.65. The number of carbonyl (C=O) groups is 2. The molecular weight excluding hydrogens is 414 g/mol. The van der Waals surface area contributed by atoms with Gasteiger partial charge in [0.2, 0.25) is 11.9 Å². The van der Waals surface area contributed by atoms with Gasteiger partial charge < -0.3 is 20.7 Å². The maximum absolute atomic E-state index is 12.8. The number of aryl methyl sites for hydroxylation is 2. The summed E-state index contributed by atoms with van der Waals surface area (Å²) in [5.74, 6) is 0.751. The van der Waals surface area contributed by atoms with Crippen molar-refractivity contribution in [3.05, 3.63) is 34.9 Å². The first-order valence-electron chi connectivity index (χ1n) is 10.3. The van der Waals surface area contributed by atoms with Gasteiger partial charge in [0.15, 0.2) is 0 Å². The minimum Gasteiger partial charge on any atom is -0.383 e. The van der Waals surface area contributed by atoms with Gasteiger partial charge in [0.25, 0.3) is 5.91 Å². The smallest absolute Gasteiger partial charge is 0.251 e. The van der Waals surface area contributed by atoms with E-state index in [4.69, 9.17) is 10.5 Å². The average molecular weight is 444 g/mol. The van der Waals surface area contributed by atoms with Crippen LogP contribution in [0.5, 0.6) is 0 Å². The van der Waals surface area contributed by atoms with E-state index in [1.807, 2.05) is 32.0 Å². The number of thioether (sulfide) groups is 1. The number of ether oxygens (including phenoxy) is 1. The van der Waals surface area contributed by atoms with Crippen molar-refractivity contribution in [2.45, 2.75) is 31.7 Å². The van der Waals surface area contributed by atoms with Crippen LogP contribution in [0.3, 0.4) is 0 Å². The van der Waals surface area contributed by atoms with Gasteiger partial charge in [-0.15, -0.1) is 11.8 Å². The lowest BCUT2D eigenvalue weighted by Crippen LogP contribution is -2.36. The normalized spacial score (nSPS) is 15.6. The van der Waals surface area contributed by atoms with E-state index >= 15 is 0 Å². The van der Waals surface area contributed by atoms with Crippen LogP contribution in [-0.4, -0.2) is 65.8 Å². The number of amides is 2. The van der Waals surface area contributed by atoms with E-state index in [9.17, 15) is 9.59 Å². The van der Waals surface area contributed by atoms with Crippen LogP contribution in [0, 0.1) is 13.8 Å². The quantitative estimate of drug-likeness (QED) is 0.701. The second kappa shape index (κ2) is 10.6. The minimum absolute atomic E-state index is 0.0516. The van der Waals surface area contributed by atoms with Crippen molar-refractivity contribution >= 4 is 29.5 Å². The summed E-state index contributed by atoms with van der Waals surface area (Å²) >= 11 is 1.53. The molecule has 0 aliphatic carbocycles. The molecule has 2 amide bonds. The van der Waals surface area contributed by atoms with Gasteiger partial charge in [-0.3, -0.25) is 9.59 Å². The van der Waals surface area contributed by atoms with Crippen LogP contribution in [-0.2, 0) is 9.53 Å². The summed E-state index contributed by atoms with van der Waals surface area (Å²) in [6.45, 7) is 5.92. The van der Waals surface area contributed by atoms with Crippen LogP contribution in [0.25, 0.3) is 11.3 Å². The molecule has 31 heavy (non-hydrogen) atoms. The van der Waals surface area contributed by atoms with Crippen LogP contribution in [0.4, 0.5) is 5.95 Å². The molecule has 3 rings (SSSR count). The maximum Gasteiger partial charge on any atom is 0.251 e. The van der Waals surface area contributed by atoms with Crippen LogP contribution < -0.4 is 11.1 Å². The molecule has 1 aromatic carbocycles. The zero-order valence-electron chi connectivity index (χ0n) is 18.2. The van der Waals surface area contributed by atoms with Gasteiger partial charge in [-0.05, 0) is 43.5 Å². The lowest BCUT2D eigenvalue weighted by molar-refractivity contribution is -0.131. The number of fused-ring (bicyclic) bond motifs is 5. The van der Waals surface area contributed by atoms with Crippen molar-refractivity contribution in [2.24, 2.45) is 0 Å². The molecule has 2 heterocycles. The van der Waals surface area contributed by atoms with E-state index < -0.39 is 0 Å². The summed E-state index contributed by atoms with van der Waals surface area (Å²) in [7, 11) is 1.62. The molecule has 0 spiro atoms. The van der Waals surface area contributed by atoms with Crippen LogP contribution in [0.2, 0.25) is 0 Å². The van der Waals surface area contributed by atoms with Crippen LogP contribution in [0.1, 0.15) is 34.3 Å². The highest BCUT2D eigenvalue weighted by Gasteiger charge is 2.17. The monoisotopic (exact) mass is 443 g/mol. The molecule has 9 heteroatoms. The molecule has 1 aromatic heterocycles. The molecule has 0 fully saturated rings. The fourth-order valence-corrected chi connectivity index (χ4v) is 4.42. The topological polar surface area (TPSA) is 110 Å². The lowest BCUT2D eigenvalue weighted by Gasteiger charge is -2.22. The van der Waals surface area contributed by atoms with Gasteiger partial charge >= 0.3 is 0 Å². The summed E-state index contributed by atoms with van der Waals surface area (Å²) < 4.78 is 5.15. The van der Waals surface area contributed by atoms with E-state index in [2.05, 4.69) is 15.3 Å². The minimum atomic E-state index is -0.161. The third-order valence-corrected chi connectivity index (χ3v) is 6.09. The third kappa shape index (κ3) is 5.95. The first kappa shape index (κ1) is 23.0. The Morgan fingerprint density at radius 2 is 1.94 bits per heavy atom. The number of carbonyl (C=O) groups excluding carboxylic acids is 2. The Labute approximate surface area is 187 Å². The molecule has 0 saturated carbocycles. The van der Waals surface area contributed by atoms with Gasteiger partial charge in [0.1, 0.15) is 5.03 Å². The van der Waals surface area contributed by atoms with Crippen molar-refractivity contribution in [1.82, 2.24) is 20.2 Å². The predicted octanol–water partition coefficient (Wildman–Crippen LogP) is 2.43. The average Bonchev–Trinajstić information content (AvgIpc) is 2.72. The number of anilines is 1. The standard InChI is InChI=1S/C22H29N5O3S/c1-14-11-15(2)17-12-16(14)18-13-19(26-22(23)25-18)31-10-8-27(7-9-30-3)20(28)5-4-6-24-21(17)29/h11-13H,4-10H2,1-3H3,(H,24,29)(H2,23,25,26). The van der Waals surface area contributed by atoms with Crippen molar-refractivity contribution in [3.63, 3.8) is 0 Å². The third-order valence-electron chi connectivity index (χ3n) is 5.19. The fraction of sp³-hybridized carbons (Fsp3) is 0.455. The van der Waals surface area contributed by atoms with E-state index in [0.717, 1.165) is 21.7 Å². The Bertz CT molecular complexity index is 966. The van der Waals surface area contributed by atoms with E-state index in [0.29, 0.717) is 56.1 Å². The highest BCUT2D eigenvalue weighted by molar-refractivity contribution is 7.99. The van der Waals surface area contributed by atoms with Gasteiger partial charge in [0, 0.05) is 50.0 Å². The summed E-state index contributed by atoms with van der Waals surface area (Å²) in [6, 6.07) is 5.73. The number of nitrogens with two attached hydrogens (primary N) is 1. The first-order valence-corrected chi connectivity index (χ1v) is 11.3. The Balaban J connectivity index is 1.96. The Morgan fingerprint density at radius 1 is 1.16 bits per heavy atom. The molecule has 3 N–H and O–H groups in total. The zero-order valence-corrected chi connectivity index (χ0v) is 19.1. The molecule has 0 radical (unpaired) electrons. The number of nitrogens with zero attached hydrogens (tertiary/aromatic N) is 3. The van der Waals surface area contributed by atoms with Gasteiger partial charge in [0.05, 0.1) is 12.3 Å². The Kier molecular flexibility index (Phi) is 7.86. The van der Waals surface area contributed by atoms with E-state index in [1.54, 1.807) is 12.0 Å². The predicted molar refractivity (Wildman–Crippen MR) is 122 cm³/mol. The fourth-order valence-electron chi connectivity index (χ4n) is 3.55. The molecule has 0 saturated heterocycles. The summed E-state index contributed by atoms with van der Waals surface area (Å²) in [5, 5.41) is 3.67. The molecule has 166 valence electrons. The number of methoxy groups -OCH3 is 1. The Morgan fingerprint density at radius 3 is 2.71 bits per heavy atom. The molecule has 8 nitrogen and oxygen atoms in total. The number of aromatic nitrogens is 2. The molecule has 1 aliphatic rings. The highest BCUT2D eigenvalue weighted by atomic mass is 32.2. The molecule has 2 aromatic rings. The van der Waals surface area contributed by atoms with Crippen molar-refractivity contribution in [3.8, 4) is 11.3 Å². The van der Waals surface area contributed by atoms with Crippen molar-refractivity contribution in [1.29, 1.82) is 0 Å². The number of rotatable bonds is 3. The summed E-state index contributed by atoms with van der Waals surface area (Å²) in [6.07, 6.45) is 0.953. The molecule has 0 atom stereocenters. The number of hydrogen-bond acceptors (Lipinski definition) is 7. The molecule has 4 bridgehead atoms. The maximum atomic E-state index is 12.8. The zero-order chi connectivity index (χ0) is 22.4. The van der Waals surface area contributed by atoms with Crippen LogP contribution >= 0.6 is 11.8 Å². The second-order valence-electron chi connectivity index (χ2n) is 7.51. The number of hydrogen-bond donors (Lipinski definition) is 2. The molecule has 1 aliphatic heterocycles. The highest BCUT2D eigenvalue weighted by Crippen LogP contribution is 2.29. The van der Waals surface area contributed by atoms with E-state index in [-0.39, 0.29) is 17.8 Å². The number of nitrogen functional groups attached to an aromatic ring is 1. The molecular formula is C22H29N5O3S.